The maximum absolute atomic E-state index is 9.17. The van der Waals surface area contributed by atoms with E-state index in [-0.39, 0.29) is 18.6 Å². The predicted octanol–water partition coefficient (Wildman–Crippen LogP) is 0.849. The van der Waals surface area contributed by atoms with Crippen LogP contribution in [0.2, 0.25) is 0 Å². The molecule has 0 radical (unpaired) electrons. The summed E-state index contributed by atoms with van der Waals surface area (Å²) in [5, 5.41) is 17.8. The van der Waals surface area contributed by atoms with Gasteiger partial charge in [-0.25, -0.2) is 0 Å². The Balaban J connectivity index is 2.47. The minimum absolute atomic E-state index is 0.0688. The highest BCUT2D eigenvalue weighted by Gasteiger charge is 2.30. The third-order valence-corrected chi connectivity index (χ3v) is 2.91. The lowest BCUT2D eigenvalue weighted by Gasteiger charge is -2.25. The monoisotopic (exact) mass is 182 g/mol. The zero-order valence-electron chi connectivity index (χ0n) is 8.40. The number of rotatable bonds is 3. The smallest absolute Gasteiger partial charge is 0.0666 e. The summed E-state index contributed by atoms with van der Waals surface area (Å²) in [7, 11) is 0. The van der Waals surface area contributed by atoms with Gasteiger partial charge in [-0.15, -0.1) is 0 Å². The average molecular weight is 182 g/mol. The average Bonchev–Trinajstić information content (AvgIpc) is 2.46. The summed E-state index contributed by atoms with van der Waals surface area (Å²) in [4.78, 5) is 2.23. The lowest BCUT2D eigenvalue weighted by molar-refractivity contribution is 0.133. The molecule has 0 aliphatic carbocycles. The van der Waals surface area contributed by atoms with E-state index in [4.69, 9.17) is 10.4 Å². The maximum Gasteiger partial charge on any atom is 0.0666 e. The first-order valence-corrected chi connectivity index (χ1v) is 4.93. The van der Waals surface area contributed by atoms with Gasteiger partial charge in [-0.2, -0.15) is 5.26 Å². The summed E-state index contributed by atoms with van der Waals surface area (Å²) in [5.74, 6) is 0.634. The zero-order chi connectivity index (χ0) is 9.84. The van der Waals surface area contributed by atoms with Gasteiger partial charge in [0.05, 0.1) is 18.6 Å². The molecule has 0 aromatic heterocycles. The molecule has 0 amide bonds. The van der Waals surface area contributed by atoms with Crippen molar-refractivity contribution in [2.75, 3.05) is 19.7 Å². The molecule has 0 spiro atoms. The third-order valence-electron chi connectivity index (χ3n) is 2.91. The molecule has 0 aromatic carbocycles. The summed E-state index contributed by atoms with van der Waals surface area (Å²) in [6.07, 6.45) is 1.14. The van der Waals surface area contributed by atoms with E-state index in [1.165, 1.54) is 0 Å². The van der Waals surface area contributed by atoms with Crippen LogP contribution in [0.1, 0.15) is 20.3 Å². The van der Waals surface area contributed by atoms with Gasteiger partial charge in [-0.1, -0.05) is 6.92 Å². The fraction of sp³-hybridized carbons (Fsp3) is 0.900. The van der Waals surface area contributed by atoms with Crippen molar-refractivity contribution >= 4 is 0 Å². The topological polar surface area (TPSA) is 47.3 Å². The molecule has 1 fully saturated rings. The number of aliphatic hydroxyl groups is 1. The summed E-state index contributed by atoms with van der Waals surface area (Å²) >= 11 is 0. The Kier molecular flexibility index (Phi) is 3.71. The number of likely N-dealkylation sites (tertiary alicyclic amines) is 1. The molecule has 3 nitrogen and oxygen atoms in total. The van der Waals surface area contributed by atoms with Crippen LogP contribution in [0.4, 0.5) is 0 Å². The van der Waals surface area contributed by atoms with Crippen molar-refractivity contribution < 1.29 is 5.11 Å². The first-order chi connectivity index (χ1) is 6.19. The molecule has 0 saturated carbocycles. The van der Waals surface area contributed by atoms with E-state index in [2.05, 4.69) is 17.9 Å². The number of hydrogen-bond acceptors (Lipinski definition) is 3. The summed E-state index contributed by atoms with van der Waals surface area (Å²) in [5.41, 5.74) is 0. The molecule has 1 aliphatic heterocycles. The SMILES string of the molecule is CC(C#N)CN1CCC(C)C1CO. The zero-order valence-corrected chi connectivity index (χ0v) is 8.40. The van der Waals surface area contributed by atoms with Gasteiger partial charge in [-0.3, -0.25) is 4.90 Å². The van der Waals surface area contributed by atoms with E-state index < -0.39 is 0 Å². The molecule has 1 saturated heterocycles. The largest absolute Gasteiger partial charge is 0.395 e. The van der Waals surface area contributed by atoms with E-state index in [0.29, 0.717) is 5.92 Å². The van der Waals surface area contributed by atoms with Crippen molar-refractivity contribution in [3.8, 4) is 6.07 Å². The van der Waals surface area contributed by atoms with Gasteiger partial charge in [0.15, 0.2) is 0 Å². The first-order valence-electron chi connectivity index (χ1n) is 4.93. The van der Waals surface area contributed by atoms with E-state index >= 15 is 0 Å². The van der Waals surface area contributed by atoms with Crippen LogP contribution in [0.3, 0.4) is 0 Å². The van der Waals surface area contributed by atoms with Gasteiger partial charge >= 0.3 is 0 Å². The number of aliphatic hydroxyl groups excluding tert-OH is 1. The van der Waals surface area contributed by atoms with Crippen LogP contribution in [0.25, 0.3) is 0 Å². The van der Waals surface area contributed by atoms with Crippen molar-refractivity contribution in [2.45, 2.75) is 26.3 Å². The maximum atomic E-state index is 9.17. The molecule has 13 heavy (non-hydrogen) atoms. The lowest BCUT2D eigenvalue weighted by atomic mass is 10.0. The van der Waals surface area contributed by atoms with E-state index in [0.717, 1.165) is 19.5 Å². The van der Waals surface area contributed by atoms with Gasteiger partial charge in [-0.05, 0) is 25.8 Å². The van der Waals surface area contributed by atoms with Crippen LogP contribution in [0, 0.1) is 23.2 Å². The number of nitrogens with zero attached hydrogens (tertiary/aromatic N) is 2. The second kappa shape index (κ2) is 4.59. The molecule has 3 atom stereocenters. The second-order valence-corrected chi connectivity index (χ2v) is 4.04. The van der Waals surface area contributed by atoms with Crippen LogP contribution in [-0.2, 0) is 0 Å². The lowest BCUT2D eigenvalue weighted by Crippen LogP contribution is -2.37. The summed E-state index contributed by atoms with van der Waals surface area (Å²) < 4.78 is 0. The first kappa shape index (κ1) is 10.5. The third kappa shape index (κ3) is 2.43. The highest BCUT2D eigenvalue weighted by atomic mass is 16.3. The van der Waals surface area contributed by atoms with Crippen molar-refractivity contribution in [3.05, 3.63) is 0 Å². The van der Waals surface area contributed by atoms with E-state index in [1.807, 2.05) is 6.92 Å². The Morgan fingerprint density at radius 3 is 2.92 bits per heavy atom. The molecule has 0 aromatic rings. The number of nitriles is 1. The Hall–Kier alpha value is -0.590. The highest BCUT2D eigenvalue weighted by molar-refractivity contribution is 4.89. The fourth-order valence-corrected chi connectivity index (χ4v) is 2.00. The Bertz CT molecular complexity index is 200. The molecule has 0 bridgehead atoms. The van der Waals surface area contributed by atoms with Gasteiger partial charge < -0.3 is 5.11 Å². The molecule has 74 valence electrons. The second-order valence-electron chi connectivity index (χ2n) is 4.04. The van der Waals surface area contributed by atoms with Crippen LogP contribution in [0.5, 0.6) is 0 Å². The predicted molar refractivity (Wildman–Crippen MR) is 51.0 cm³/mol. The molecule has 1 aliphatic rings. The van der Waals surface area contributed by atoms with Gasteiger partial charge in [0.25, 0.3) is 0 Å². The molecule has 3 heteroatoms. The van der Waals surface area contributed by atoms with Crippen molar-refractivity contribution in [3.63, 3.8) is 0 Å². The molecular weight excluding hydrogens is 164 g/mol. The molecule has 1 heterocycles. The molecule has 1 rings (SSSR count). The van der Waals surface area contributed by atoms with Gasteiger partial charge in [0.2, 0.25) is 0 Å². The van der Waals surface area contributed by atoms with Crippen LogP contribution >= 0.6 is 0 Å². The van der Waals surface area contributed by atoms with Crippen molar-refractivity contribution in [1.82, 2.24) is 4.90 Å². The van der Waals surface area contributed by atoms with Crippen molar-refractivity contribution in [2.24, 2.45) is 11.8 Å². The van der Waals surface area contributed by atoms with E-state index in [1.54, 1.807) is 0 Å². The Morgan fingerprint density at radius 1 is 1.69 bits per heavy atom. The molecule has 3 unspecified atom stereocenters. The number of hydrogen-bond donors (Lipinski definition) is 1. The van der Waals surface area contributed by atoms with Crippen LogP contribution < -0.4 is 0 Å². The normalized spacial score (nSPS) is 31.5. The molecule has 1 N–H and O–H groups in total. The standard InChI is InChI=1S/C10H18N2O/c1-8(5-11)6-12-4-3-9(2)10(12)7-13/h8-10,13H,3-4,6-7H2,1-2H3. The minimum Gasteiger partial charge on any atom is -0.395 e. The minimum atomic E-state index is 0.0688. The van der Waals surface area contributed by atoms with Gasteiger partial charge in [0, 0.05) is 12.6 Å². The summed E-state index contributed by atoms with van der Waals surface area (Å²) in [6.45, 7) is 6.14. The van der Waals surface area contributed by atoms with Crippen LogP contribution in [0.15, 0.2) is 0 Å². The van der Waals surface area contributed by atoms with Gasteiger partial charge in [0.1, 0.15) is 0 Å². The Morgan fingerprint density at radius 2 is 2.38 bits per heavy atom. The fourth-order valence-electron chi connectivity index (χ4n) is 2.00. The van der Waals surface area contributed by atoms with E-state index in [9.17, 15) is 0 Å². The summed E-state index contributed by atoms with van der Waals surface area (Å²) in [6, 6.07) is 2.50. The highest BCUT2D eigenvalue weighted by Crippen LogP contribution is 2.23. The quantitative estimate of drug-likeness (QED) is 0.704. The van der Waals surface area contributed by atoms with Crippen molar-refractivity contribution in [1.29, 1.82) is 5.26 Å². The molecular formula is C10H18N2O. The van der Waals surface area contributed by atoms with Crippen LogP contribution in [-0.4, -0.2) is 35.7 Å². The Labute approximate surface area is 80.0 Å².